The number of rotatable bonds is 6. The lowest BCUT2D eigenvalue weighted by Gasteiger charge is -2.31. The van der Waals surface area contributed by atoms with E-state index in [0.29, 0.717) is 11.3 Å². The summed E-state index contributed by atoms with van der Waals surface area (Å²) in [6.07, 6.45) is 7.69. The molecule has 2 amide bonds. The zero-order chi connectivity index (χ0) is 18.9. The van der Waals surface area contributed by atoms with Crippen LogP contribution in [-0.4, -0.2) is 42.4 Å². The van der Waals surface area contributed by atoms with E-state index in [1.54, 1.807) is 36.1 Å². The number of para-hydroxylation sites is 1. The predicted octanol–water partition coefficient (Wildman–Crippen LogP) is 3.15. The van der Waals surface area contributed by atoms with Crippen molar-refractivity contribution in [2.24, 2.45) is 0 Å². The topological polar surface area (TPSA) is 75.7 Å². The molecule has 2 rings (SSSR count). The Hall–Kier alpha value is -2.63. The van der Waals surface area contributed by atoms with Crippen molar-refractivity contribution in [1.29, 1.82) is 0 Å². The SMILES string of the molecule is CCOC(=O)/C=C/C(=O)Nc1ccccc1C(=O)N(C)C1CCCCC1. The second-order valence-electron chi connectivity index (χ2n) is 6.33. The summed E-state index contributed by atoms with van der Waals surface area (Å²) in [7, 11) is 1.82. The first-order chi connectivity index (χ1) is 12.5. The quantitative estimate of drug-likeness (QED) is 0.626. The minimum atomic E-state index is -0.580. The second-order valence-corrected chi connectivity index (χ2v) is 6.33. The van der Waals surface area contributed by atoms with Crippen molar-refractivity contribution < 1.29 is 19.1 Å². The summed E-state index contributed by atoms with van der Waals surface area (Å²) in [6, 6.07) is 7.14. The highest BCUT2D eigenvalue weighted by Gasteiger charge is 2.24. The molecule has 1 aromatic rings. The minimum absolute atomic E-state index is 0.109. The highest BCUT2D eigenvalue weighted by atomic mass is 16.5. The number of carbonyl (C=O) groups excluding carboxylic acids is 3. The Balaban J connectivity index is 2.07. The van der Waals surface area contributed by atoms with E-state index in [1.165, 1.54) is 6.42 Å². The standard InChI is InChI=1S/C20H26N2O4/c1-3-26-19(24)14-13-18(23)21-17-12-8-7-11-16(17)20(25)22(2)15-9-5-4-6-10-15/h7-8,11-15H,3-6,9-10H2,1-2H3,(H,21,23)/b14-13+. The van der Waals surface area contributed by atoms with Crippen molar-refractivity contribution in [3.63, 3.8) is 0 Å². The number of esters is 1. The van der Waals surface area contributed by atoms with Crippen LogP contribution < -0.4 is 5.32 Å². The van der Waals surface area contributed by atoms with Gasteiger partial charge < -0.3 is 15.0 Å². The van der Waals surface area contributed by atoms with Gasteiger partial charge in [0.15, 0.2) is 0 Å². The van der Waals surface area contributed by atoms with Gasteiger partial charge in [-0.05, 0) is 31.9 Å². The number of anilines is 1. The van der Waals surface area contributed by atoms with Crippen molar-refractivity contribution in [2.45, 2.75) is 45.1 Å². The molecule has 1 N–H and O–H groups in total. The van der Waals surface area contributed by atoms with Crippen LogP contribution in [0.15, 0.2) is 36.4 Å². The second kappa shape index (κ2) is 9.75. The lowest BCUT2D eigenvalue weighted by atomic mass is 9.94. The van der Waals surface area contributed by atoms with Crippen molar-refractivity contribution in [2.75, 3.05) is 19.0 Å². The highest BCUT2D eigenvalue weighted by Crippen LogP contribution is 2.25. The number of carbonyl (C=O) groups is 3. The average Bonchev–Trinajstić information content (AvgIpc) is 2.66. The van der Waals surface area contributed by atoms with Crippen LogP contribution in [0.4, 0.5) is 5.69 Å². The fraction of sp³-hybridized carbons (Fsp3) is 0.450. The van der Waals surface area contributed by atoms with E-state index >= 15 is 0 Å². The van der Waals surface area contributed by atoms with Gasteiger partial charge in [0.2, 0.25) is 5.91 Å². The molecule has 0 aromatic heterocycles. The fourth-order valence-electron chi connectivity index (χ4n) is 3.11. The molecule has 1 fully saturated rings. The smallest absolute Gasteiger partial charge is 0.330 e. The van der Waals surface area contributed by atoms with E-state index in [9.17, 15) is 14.4 Å². The third-order valence-electron chi connectivity index (χ3n) is 4.52. The Morgan fingerprint density at radius 2 is 1.85 bits per heavy atom. The Morgan fingerprint density at radius 3 is 2.54 bits per heavy atom. The van der Waals surface area contributed by atoms with Crippen molar-refractivity contribution in [1.82, 2.24) is 4.90 Å². The Bertz CT molecular complexity index is 678. The van der Waals surface area contributed by atoms with Gasteiger partial charge in [-0.2, -0.15) is 0 Å². The monoisotopic (exact) mass is 358 g/mol. The van der Waals surface area contributed by atoms with E-state index in [-0.39, 0.29) is 18.6 Å². The maximum atomic E-state index is 12.9. The van der Waals surface area contributed by atoms with Crippen LogP contribution in [0.2, 0.25) is 0 Å². The maximum Gasteiger partial charge on any atom is 0.330 e. The molecule has 6 nitrogen and oxygen atoms in total. The zero-order valence-electron chi connectivity index (χ0n) is 15.4. The first-order valence-electron chi connectivity index (χ1n) is 9.05. The van der Waals surface area contributed by atoms with Gasteiger partial charge in [-0.25, -0.2) is 4.79 Å². The average molecular weight is 358 g/mol. The van der Waals surface area contributed by atoms with Gasteiger partial charge in [0.1, 0.15) is 0 Å². The predicted molar refractivity (Wildman–Crippen MR) is 99.8 cm³/mol. The summed E-state index contributed by atoms with van der Waals surface area (Å²) in [4.78, 5) is 38.0. The Kier molecular flexibility index (Phi) is 7.38. The van der Waals surface area contributed by atoms with Crippen molar-refractivity contribution in [3.05, 3.63) is 42.0 Å². The number of nitrogens with one attached hydrogen (secondary N) is 1. The Labute approximate surface area is 154 Å². The van der Waals surface area contributed by atoms with E-state index in [0.717, 1.165) is 37.8 Å². The highest BCUT2D eigenvalue weighted by molar-refractivity contribution is 6.07. The largest absolute Gasteiger partial charge is 0.463 e. The molecule has 0 bridgehead atoms. The third kappa shape index (κ3) is 5.44. The van der Waals surface area contributed by atoms with Crippen molar-refractivity contribution in [3.8, 4) is 0 Å². The molecule has 26 heavy (non-hydrogen) atoms. The van der Waals surface area contributed by atoms with Crippen LogP contribution in [0.5, 0.6) is 0 Å². The molecule has 0 heterocycles. The van der Waals surface area contributed by atoms with Crippen LogP contribution in [0.3, 0.4) is 0 Å². The molecule has 1 aliphatic rings. The van der Waals surface area contributed by atoms with E-state index in [4.69, 9.17) is 4.74 Å². The molecule has 0 spiro atoms. The summed E-state index contributed by atoms with van der Waals surface area (Å²) >= 11 is 0. The number of nitrogens with zero attached hydrogens (tertiary/aromatic N) is 1. The molecular weight excluding hydrogens is 332 g/mol. The molecule has 1 saturated carbocycles. The molecule has 0 saturated heterocycles. The molecule has 140 valence electrons. The lowest BCUT2D eigenvalue weighted by Crippen LogP contribution is -2.38. The van der Waals surface area contributed by atoms with Gasteiger partial charge in [-0.1, -0.05) is 31.4 Å². The summed E-state index contributed by atoms with van der Waals surface area (Å²) in [6.45, 7) is 1.94. The van der Waals surface area contributed by atoms with Gasteiger partial charge >= 0.3 is 5.97 Å². The van der Waals surface area contributed by atoms with Crippen LogP contribution in [0.1, 0.15) is 49.4 Å². The van der Waals surface area contributed by atoms with Gasteiger partial charge in [0, 0.05) is 25.2 Å². The summed E-state index contributed by atoms with van der Waals surface area (Å²) < 4.78 is 4.74. The van der Waals surface area contributed by atoms with Gasteiger partial charge in [-0.15, -0.1) is 0 Å². The first kappa shape index (κ1) is 19.7. The minimum Gasteiger partial charge on any atom is -0.463 e. The maximum absolute atomic E-state index is 12.9. The first-order valence-corrected chi connectivity index (χ1v) is 9.05. The molecule has 0 unspecified atom stereocenters. The van der Waals surface area contributed by atoms with Crippen LogP contribution in [0.25, 0.3) is 0 Å². The van der Waals surface area contributed by atoms with Crippen molar-refractivity contribution >= 4 is 23.5 Å². The summed E-state index contributed by atoms with van der Waals surface area (Å²) in [5.41, 5.74) is 0.872. The van der Waals surface area contributed by atoms with Crippen LogP contribution in [-0.2, 0) is 14.3 Å². The number of hydrogen-bond donors (Lipinski definition) is 1. The summed E-state index contributed by atoms with van der Waals surface area (Å²) in [5, 5.41) is 2.67. The van der Waals surface area contributed by atoms with E-state index < -0.39 is 11.9 Å². The third-order valence-corrected chi connectivity index (χ3v) is 4.52. The number of amides is 2. The number of ether oxygens (including phenoxy) is 1. The fourth-order valence-corrected chi connectivity index (χ4v) is 3.11. The molecule has 0 radical (unpaired) electrons. The Morgan fingerprint density at radius 1 is 1.15 bits per heavy atom. The number of benzene rings is 1. The molecule has 6 heteroatoms. The van der Waals surface area contributed by atoms with E-state index in [1.807, 2.05) is 7.05 Å². The molecular formula is C20H26N2O4. The van der Waals surface area contributed by atoms with Crippen LogP contribution in [0, 0.1) is 0 Å². The summed E-state index contributed by atoms with van der Waals surface area (Å²) in [5.74, 6) is -1.18. The molecule has 1 aromatic carbocycles. The van der Waals surface area contributed by atoms with Gasteiger partial charge in [0.05, 0.1) is 17.9 Å². The molecule has 1 aliphatic carbocycles. The van der Waals surface area contributed by atoms with Crippen LogP contribution >= 0.6 is 0 Å². The lowest BCUT2D eigenvalue weighted by molar-refractivity contribution is -0.137. The van der Waals surface area contributed by atoms with Gasteiger partial charge in [-0.3, -0.25) is 9.59 Å². The normalized spacial score (nSPS) is 14.8. The molecule has 0 aliphatic heterocycles. The van der Waals surface area contributed by atoms with Gasteiger partial charge in [0.25, 0.3) is 5.91 Å². The van der Waals surface area contributed by atoms with E-state index in [2.05, 4.69) is 5.32 Å². The molecule has 0 atom stereocenters. The number of hydrogen-bond acceptors (Lipinski definition) is 4. The zero-order valence-corrected chi connectivity index (χ0v) is 15.4.